The molecule has 2 unspecified atom stereocenters. The molecule has 2 aliphatic heterocycles. The van der Waals surface area contributed by atoms with Crippen LogP contribution in [0.3, 0.4) is 0 Å². The molecule has 0 radical (unpaired) electrons. The molecule has 2 aliphatic rings. The van der Waals surface area contributed by atoms with E-state index in [1.807, 2.05) is 6.08 Å². The molecule has 0 aromatic rings. The van der Waals surface area contributed by atoms with Gasteiger partial charge in [-0.2, -0.15) is 0 Å². The number of rotatable bonds is 12. The summed E-state index contributed by atoms with van der Waals surface area (Å²) in [6.45, 7) is 8.96. The fourth-order valence-electron chi connectivity index (χ4n) is 4.41. The van der Waals surface area contributed by atoms with Crippen molar-refractivity contribution in [2.24, 2.45) is 26.9 Å². The van der Waals surface area contributed by atoms with Crippen LogP contribution < -0.4 is 16.8 Å². The maximum Gasteiger partial charge on any atom is 0.150 e. The van der Waals surface area contributed by atoms with Crippen LogP contribution in [0.2, 0.25) is 0 Å². The first-order valence-electron chi connectivity index (χ1n) is 11.9. The summed E-state index contributed by atoms with van der Waals surface area (Å²) in [5.74, 6) is 0.840. The second kappa shape index (κ2) is 12.2. The van der Waals surface area contributed by atoms with Gasteiger partial charge < -0.3 is 27.1 Å². The van der Waals surface area contributed by atoms with Crippen molar-refractivity contribution in [3.05, 3.63) is 23.2 Å². The number of aliphatic imine (C=N–C) groups is 2. The number of nitrogens with two attached hydrogens (primary N) is 2. The molecule has 2 rings (SSSR count). The number of unbranched alkanes of at least 4 members (excludes halogenated alkanes) is 1. The highest BCUT2D eigenvalue weighted by atomic mass is 15.1. The van der Waals surface area contributed by atoms with Crippen molar-refractivity contribution < 1.29 is 0 Å². The standard InChI is InChI=1S/C24H43N7/c1-5-13-24(3,6-2)22(26)23(27)30-21(29-16-18-15-28-17-20(18)25)12-8-7-10-19-11-9-14-31(19)4/h12,16,19,26,28H,5-11,13-15,17,25H2,1-4H3,(H2,27,30)/b21-12-,26-22?,29-16?. The minimum atomic E-state index is -0.257. The highest BCUT2D eigenvalue weighted by Crippen LogP contribution is 2.29. The van der Waals surface area contributed by atoms with E-state index in [2.05, 4.69) is 48.0 Å². The topological polar surface area (TPSA) is 116 Å². The van der Waals surface area contributed by atoms with Gasteiger partial charge in [-0.3, -0.25) is 0 Å². The van der Waals surface area contributed by atoms with Crippen molar-refractivity contribution in [2.45, 2.75) is 78.2 Å². The van der Waals surface area contributed by atoms with Gasteiger partial charge in [-0.25, -0.2) is 9.98 Å². The van der Waals surface area contributed by atoms with Crippen LogP contribution in [0.15, 0.2) is 33.2 Å². The summed E-state index contributed by atoms with van der Waals surface area (Å²) in [5, 5.41) is 11.9. The predicted molar refractivity (Wildman–Crippen MR) is 133 cm³/mol. The number of amidine groups is 1. The summed E-state index contributed by atoms with van der Waals surface area (Å²) in [6, 6.07) is 0.691. The van der Waals surface area contributed by atoms with E-state index in [-0.39, 0.29) is 11.3 Å². The molecule has 0 bridgehead atoms. The molecule has 0 amide bonds. The second-order valence-corrected chi connectivity index (χ2v) is 9.22. The Bertz CT molecular complexity index is 734. The third-order valence-corrected chi connectivity index (χ3v) is 6.81. The van der Waals surface area contributed by atoms with Crippen LogP contribution >= 0.6 is 0 Å². The molecule has 7 heteroatoms. The first-order valence-corrected chi connectivity index (χ1v) is 11.9. The molecular weight excluding hydrogens is 386 g/mol. The van der Waals surface area contributed by atoms with Gasteiger partial charge in [0.25, 0.3) is 0 Å². The Morgan fingerprint density at radius 2 is 2.13 bits per heavy atom. The lowest BCUT2D eigenvalue weighted by Gasteiger charge is -2.28. The lowest BCUT2D eigenvalue weighted by atomic mass is 9.78. The summed E-state index contributed by atoms with van der Waals surface area (Å²) < 4.78 is 0. The molecule has 0 spiro atoms. The van der Waals surface area contributed by atoms with Gasteiger partial charge in [0.1, 0.15) is 11.7 Å². The van der Waals surface area contributed by atoms with Gasteiger partial charge in [0.2, 0.25) is 0 Å². The molecular formula is C24H43N7. The Kier molecular flexibility index (Phi) is 9.91. The number of hydrogen-bond acceptors (Lipinski definition) is 6. The van der Waals surface area contributed by atoms with Gasteiger partial charge in [-0.1, -0.05) is 27.2 Å². The summed E-state index contributed by atoms with van der Waals surface area (Å²) >= 11 is 0. The first kappa shape index (κ1) is 25.3. The smallest absolute Gasteiger partial charge is 0.150 e. The average molecular weight is 430 g/mol. The van der Waals surface area contributed by atoms with E-state index >= 15 is 0 Å². The molecule has 0 saturated carbocycles. The number of likely N-dealkylation sites (tertiary alicyclic amines) is 1. The molecule has 0 aliphatic carbocycles. The van der Waals surface area contributed by atoms with Gasteiger partial charge in [-0.05, 0) is 64.6 Å². The first-order chi connectivity index (χ1) is 14.8. The highest BCUT2D eigenvalue weighted by Gasteiger charge is 2.29. The Labute approximate surface area is 188 Å². The molecule has 31 heavy (non-hydrogen) atoms. The van der Waals surface area contributed by atoms with Gasteiger partial charge in [0, 0.05) is 42.0 Å². The minimum absolute atomic E-state index is 0.257. The van der Waals surface area contributed by atoms with Gasteiger partial charge in [0.05, 0.1) is 5.71 Å². The molecule has 7 nitrogen and oxygen atoms in total. The van der Waals surface area contributed by atoms with Gasteiger partial charge >= 0.3 is 0 Å². The van der Waals surface area contributed by atoms with E-state index in [9.17, 15) is 0 Å². The van der Waals surface area contributed by atoms with Crippen LogP contribution in [0, 0.1) is 10.8 Å². The summed E-state index contributed by atoms with van der Waals surface area (Å²) in [7, 11) is 2.22. The van der Waals surface area contributed by atoms with Crippen LogP contribution in [-0.4, -0.2) is 55.4 Å². The predicted octanol–water partition coefficient (Wildman–Crippen LogP) is 3.57. The van der Waals surface area contributed by atoms with E-state index in [1.54, 1.807) is 6.21 Å². The molecule has 2 atom stereocenters. The van der Waals surface area contributed by atoms with Gasteiger partial charge in [-0.15, -0.1) is 0 Å². The Hall–Kier alpha value is -1.99. The van der Waals surface area contributed by atoms with E-state index in [1.165, 1.54) is 25.8 Å². The number of allylic oxidation sites excluding steroid dienone is 1. The molecule has 0 aromatic heterocycles. The summed E-state index contributed by atoms with van der Waals surface area (Å²) in [6.07, 6.45) is 12.4. The average Bonchev–Trinajstić information content (AvgIpc) is 3.36. The van der Waals surface area contributed by atoms with E-state index in [0.29, 0.717) is 24.1 Å². The largest absolute Gasteiger partial charge is 0.401 e. The van der Waals surface area contributed by atoms with E-state index in [0.717, 1.165) is 49.9 Å². The number of nitrogens with one attached hydrogen (secondary N) is 2. The Balaban J connectivity index is 2.13. The Morgan fingerprint density at radius 1 is 1.35 bits per heavy atom. The minimum Gasteiger partial charge on any atom is -0.401 e. The molecule has 1 saturated heterocycles. The lowest BCUT2D eigenvalue weighted by Crippen LogP contribution is -2.37. The zero-order valence-corrected chi connectivity index (χ0v) is 20.0. The third kappa shape index (κ3) is 7.28. The quantitative estimate of drug-likeness (QED) is 0.215. The van der Waals surface area contributed by atoms with E-state index in [4.69, 9.17) is 16.9 Å². The maximum atomic E-state index is 8.65. The lowest BCUT2D eigenvalue weighted by molar-refractivity contribution is 0.292. The SMILES string of the molecule is CCCC(C)(CC)C(=N)C(N)=N/C(=C\CCCC1CCCN1C)N=CC1=C(N)CNC1. The highest BCUT2D eigenvalue weighted by molar-refractivity contribution is 6.41. The van der Waals surface area contributed by atoms with Crippen LogP contribution in [0.4, 0.5) is 0 Å². The molecule has 2 heterocycles. The zero-order valence-electron chi connectivity index (χ0n) is 20.0. The molecule has 0 aromatic carbocycles. The van der Waals surface area contributed by atoms with Crippen molar-refractivity contribution in [2.75, 3.05) is 26.7 Å². The zero-order chi connectivity index (χ0) is 22.9. The fourth-order valence-corrected chi connectivity index (χ4v) is 4.41. The number of hydrogen-bond donors (Lipinski definition) is 4. The van der Waals surface area contributed by atoms with Crippen molar-refractivity contribution in [1.29, 1.82) is 5.41 Å². The Morgan fingerprint density at radius 3 is 2.71 bits per heavy atom. The van der Waals surface area contributed by atoms with Crippen LogP contribution in [-0.2, 0) is 0 Å². The van der Waals surface area contributed by atoms with Gasteiger partial charge in [0.15, 0.2) is 0 Å². The molecule has 1 fully saturated rings. The normalized spacial score (nSPS) is 23.2. The number of nitrogens with zero attached hydrogens (tertiary/aromatic N) is 3. The summed E-state index contributed by atoms with van der Waals surface area (Å²) in [5.41, 5.74) is 14.3. The van der Waals surface area contributed by atoms with Crippen LogP contribution in [0.25, 0.3) is 0 Å². The van der Waals surface area contributed by atoms with Crippen molar-refractivity contribution in [3.8, 4) is 0 Å². The maximum absolute atomic E-state index is 8.65. The van der Waals surface area contributed by atoms with E-state index < -0.39 is 0 Å². The fraction of sp³-hybridized carbons (Fsp3) is 0.708. The van der Waals surface area contributed by atoms with Crippen LogP contribution in [0.5, 0.6) is 0 Å². The molecule has 6 N–H and O–H groups in total. The third-order valence-electron chi connectivity index (χ3n) is 6.81. The second-order valence-electron chi connectivity index (χ2n) is 9.22. The monoisotopic (exact) mass is 429 g/mol. The van der Waals surface area contributed by atoms with Crippen molar-refractivity contribution in [3.63, 3.8) is 0 Å². The molecule has 174 valence electrons. The van der Waals surface area contributed by atoms with Crippen LogP contribution in [0.1, 0.15) is 72.1 Å². The summed E-state index contributed by atoms with van der Waals surface area (Å²) in [4.78, 5) is 11.6. The van der Waals surface area contributed by atoms with Crippen molar-refractivity contribution >= 4 is 17.8 Å². The van der Waals surface area contributed by atoms with Crippen molar-refractivity contribution in [1.82, 2.24) is 10.2 Å².